The molecule has 9 heteroatoms. The SMILES string of the molecule is COC(=O)c1nc(N2CCCCC2)ccc1-c1cc2c(cc1C(=O)OCC[Si](C)(C)C)-c1sccc1CCO2. The molecule has 2 aliphatic heterocycles. The van der Waals surface area contributed by atoms with E-state index in [1.807, 2.05) is 24.3 Å². The van der Waals surface area contributed by atoms with Crippen molar-refractivity contribution in [1.29, 1.82) is 0 Å². The van der Waals surface area contributed by atoms with Crippen LogP contribution in [0.3, 0.4) is 0 Å². The van der Waals surface area contributed by atoms with Crippen LogP contribution in [0.2, 0.25) is 25.7 Å². The second-order valence-electron chi connectivity index (χ2n) is 11.3. The Morgan fingerprint density at radius 2 is 1.82 bits per heavy atom. The lowest BCUT2D eigenvalue weighted by Gasteiger charge is -2.28. The minimum atomic E-state index is -1.39. The number of fused-ring (bicyclic) bond motifs is 3. The number of carbonyl (C=O) groups excluding carboxylic acids is 2. The summed E-state index contributed by atoms with van der Waals surface area (Å²) in [6.45, 7) is 9.45. The lowest BCUT2D eigenvalue weighted by Crippen LogP contribution is -2.30. The highest BCUT2D eigenvalue weighted by Crippen LogP contribution is 2.43. The number of hydrogen-bond donors (Lipinski definition) is 0. The molecule has 0 N–H and O–H groups in total. The normalized spacial score (nSPS) is 15.0. The first-order chi connectivity index (χ1) is 18.7. The average Bonchev–Trinajstić information content (AvgIpc) is 3.33. The van der Waals surface area contributed by atoms with Crippen molar-refractivity contribution in [3.05, 3.63) is 52.5 Å². The smallest absolute Gasteiger partial charge is 0.357 e. The summed E-state index contributed by atoms with van der Waals surface area (Å²) < 4.78 is 17.1. The molecule has 1 saturated heterocycles. The Bertz CT molecular complexity index is 1370. The first kappa shape index (κ1) is 27.4. The molecule has 3 aromatic rings. The van der Waals surface area contributed by atoms with Gasteiger partial charge in [0.25, 0.3) is 0 Å². The Morgan fingerprint density at radius 1 is 1.03 bits per heavy atom. The summed E-state index contributed by atoms with van der Waals surface area (Å²) >= 11 is 1.64. The van der Waals surface area contributed by atoms with Crippen LogP contribution in [-0.4, -0.2) is 58.4 Å². The van der Waals surface area contributed by atoms with E-state index in [2.05, 4.69) is 36.0 Å². The molecule has 4 heterocycles. The van der Waals surface area contributed by atoms with E-state index in [1.54, 1.807) is 11.3 Å². The number of nitrogens with zero attached hydrogens (tertiary/aromatic N) is 2. The summed E-state index contributed by atoms with van der Waals surface area (Å²) in [5.74, 6) is 0.468. The standard InChI is InChI=1S/C30H36N2O5SSi/c1-35-30(34)27-21(8-9-26(31-27)32-12-6-5-7-13-32)22-19-25-24(28-20(10-14-36-25)11-16-38-28)18-23(22)29(33)37-15-17-39(2,3)4/h8-9,11,16,18-19H,5-7,10,12-15,17H2,1-4H3. The van der Waals surface area contributed by atoms with E-state index in [1.165, 1.54) is 19.1 Å². The van der Waals surface area contributed by atoms with Gasteiger partial charge >= 0.3 is 11.9 Å². The van der Waals surface area contributed by atoms with Gasteiger partial charge in [-0.3, -0.25) is 0 Å². The fourth-order valence-corrected chi connectivity index (χ4v) is 6.74. The quantitative estimate of drug-likeness (QED) is 0.234. The molecule has 0 unspecified atom stereocenters. The third-order valence-corrected chi connectivity index (χ3v) is 9.97. The maximum Gasteiger partial charge on any atom is 0.357 e. The van der Waals surface area contributed by atoms with E-state index >= 15 is 0 Å². The largest absolute Gasteiger partial charge is 0.493 e. The van der Waals surface area contributed by atoms with Crippen molar-refractivity contribution in [2.24, 2.45) is 0 Å². The number of aromatic nitrogens is 1. The van der Waals surface area contributed by atoms with Crippen LogP contribution in [0.25, 0.3) is 21.6 Å². The van der Waals surface area contributed by atoms with Gasteiger partial charge in [0.15, 0.2) is 5.69 Å². The number of thiophene rings is 1. The number of rotatable bonds is 7. The predicted octanol–water partition coefficient (Wildman–Crippen LogP) is 6.68. The van der Waals surface area contributed by atoms with E-state index in [0.717, 1.165) is 54.7 Å². The zero-order valence-electron chi connectivity index (χ0n) is 23.2. The second kappa shape index (κ2) is 11.5. The minimum absolute atomic E-state index is 0.183. The van der Waals surface area contributed by atoms with Gasteiger partial charge in [-0.25, -0.2) is 14.6 Å². The monoisotopic (exact) mass is 564 g/mol. The number of carbonyl (C=O) groups is 2. The molecule has 0 saturated carbocycles. The molecule has 39 heavy (non-hydrogen) atoms. The maximum absolute atomic E-state index is 13.6. The van der Waals surface area contributed by atoms with Crippen molar-refractivity contribution in [2.45, 2.75) is 51.4 Å². The summed E-state index contributed by atoms with van der Waals surface area (Å²) in [5.41, 5.74) is 3.74. The van der Waals surface area contributed by atoms with Crippen molar-refractivity contribution >= 4 is 37.2 Å². The van der Waals surface area contributed by atoms with E-state index in [4.69, 9.17) is 19.2 Å². The van der Waals surface area contributed by atoms with Gasteiger partial charge in [-0.1, -0.05) is 19.6 Å². The average molecular weight is 565 g/mol. The van der Waals surface area contributed by atoms with Crippen molar-refractivity contribution in [3.63, 3.8) is 0 Å². The Kier molecular flexibility index (Phi) is 8.09. The fraction of sp³-hybridized carbons (Fsp3) is 0.433. The van der Waals surface area contributed by atoms with Gasteiger partial charge < -0.3 is 19.1 Å². The third kappa shape index (κ3) is 6.04. The summed E-state index contributed by atoms with van der Waals surface area (Å²) in [7, 11) is -0.0415. The number of benzene rings is 1. The van der Waals surface area contributed by atoms with Crippen LogP contribution in [0.4, 0.5) is 5.82 Å². The molecule has 7 nitrogen and oxygen atoms in total. The molecule has 0 atom stereocenters. The molecule has 2 aliphatic rings. The Balaban J connectivity index is 1.63. The molecule has 206 valence electrons. The van der Waals surface area contributed by atoms with Crippen LogP contribution in [0.1, 0.15) is 45.7 Å². The Labute approximate surface area is 235 Å². The maximum atomic E-state index is 13.6. The number of methoxy groups -OCH3 is 1. The van der Waals surface area contributed by atoms with Crippen molar-refractivity contribution in [3.8, 4) is 27.3 Å². The molecule has 0 radical (unpaired) electrons. The van der Waals surface area contributed by atoms with E-state index in [9.17, 15) is 9.59 Å². The van der Waals surface area contributed by atoms with Crippen molar-refractivity contribution < 1.29 is 23.8 Å². The lowest BCUT2D eigenvalue weighted by atomic mass is 9.94. The number of hydrogen-bond acceptors (Lipinski definition) is 8. The molecular formula is C30H36N2O5SSi. The van der Waals surface area contributed by atoms with Gasteiger partial charge in [0.05, 0.1) is 25.9 Å². The molecule has 0 aliphatic carbocycles. The first-order valence-corrected chi connectivity index (χ1v) is 18.2. The Hall–Kier alpha value is -3.17. The molecular weight excluding hydrogens is 528 g/mol. The zero-order valence-corrected chi connectivity index (χ0v) is 25.0. The van der Waals surface area contributed by atoms with E-state index in [-0.39, 0.29) is 5.69 Å². The highest BCUT2D eigenvalue weighted by molar-refractivity contribution is 7.13. The number of piperidine rings is 1. The Morgan fingerprint density at radius 3 is 2.56 bits per heavy atom. The number of anilines is 1. The van der Waals surface area contributed by atoms with Gasteiger partial charge in [-0.05, 0) is 66.6 Å². The topological polar surface area (TPSA) is 78.0 Å². The summed E-state index contributed by atoms with van der Waals surface area (Å²) in [4.78, 5) is 34.7. The van der Waals surface area contributed by atoms with Crippen LogP contribution in [0.15, 0.2) is 35.7 Å². The van der Waals surface area contributed by atoms with Gasteiger partial charge in [0.2, 0.25) is 0 Å². The van der Waals surface area contributed by atoms with Gasteiger partial charge in [0, 0.05) is 49.2 Å². The van der Waals surface area contributed by atoms with Crippen LogP contribution < -0.4 is 9.64 Å². The van der Waals surface area contributed by atoms with Crippen molar-refractivity contribution in [1.82, 2.24) is 4.98 Å². The second-order valence-corrected chi connectivity index (χ2v) is 17.9. The van der Waals surface area contributed by atoms with Crippen molar-refractivity contribution in [2.75, 3.05) is 38.3 Å². The third-order valence-electron chi connectivity index (χ3n) is 7.27. The minimum Gasteiger partial charge on any atom is -0.493 e. The van der Waals surface area contributed by atoms with Gasteiger partial charge in [0.1, 0.15) is 11.6 Å². The molecule has 2 aromatic heterocycles. The van der Waals surface area contributed by atoms with Gasteiger partial charge in [-0.15, -0.1) is 11.3 Å². The van der Waals surface area contributed by atoms with Crippen LogP contribution in [0, 0.1) is 0 Å². The summed E-state index contributed by atoms with van der Waals surface area (Å²) in [5, 5.41) is 2.07. The summed E-state index contributed by atoms with van der Waals surface area (Å²) in [6.07, 6.45) is 4.18. The highest BCUT2D eigenvalue weighted by atomic mass is 32.1. The fourth-order valence-electron chi connectivity index (χ4n) is 5.05. The molecule has 0 amide bonds. The van der Waals surface area contributed by atoms with Crippen LogP contribution in [0.5, 0.6) is 5.75 Å². The molecule has 1 fully saturated rings. The number of pyridine rings is 1. The zero-order chi connectivity index (χ0) is 27.6. The van der Waals surface area contributed by atoms with Crippen LogP contribution in [-0.2, 0) is 15.9 Å². The first-order valence-electron chi connectivity index (χ1n) is 13.6. The lowest BCUT2D eigenvalue weighted by molar-refractivity contribution is 0.0524. The number of esters is 2. The van der Waals surface area contributed by atoms with E-state index < -0.39 is 20.0 Å². The van der Waals surface area contributed by atoms with E-state index in [0.29, 0.717) is 35.7 Å². The van der Waals surface area contributed by atoms with Crippen LogP contribution >= 0.6 is 11.3 Å². The highest BCUT2D eigenvalue weighted by Gasteiger charge is 2.28. The molecule has 5 rings (SSSR count). The molecule has 0 bridgehead atoms. The predicted molar refractivity (Wildman–Crippen MR) is 158 cm³/mol. The number of ether oxygens (including phenoxy) is 3. The molecule has 0 spiro atoms. The van der Waals surface area contributed by atoms with Gasteiger partial charge in [-0.2, -0.15) is 0 Å². The summed E-state index contributed by atoms with van der Waals surface area (Å²) in [6, 6.07) is 10.5. The molecule has 1 aromatic carbocycles.